The Morgan fingerprint density at radius 1 is 1.23 bits per heavy atom. The van der Waals surface area contributed by atoms with Gasteiger partial charge in [0.15, 0.2) is 0 Å². The minimum Gasteiger partial charge on any atom is -0.352 e. The second-order valence-electron chi connectivity index (χ2n) is 7.69. The molecule has 1 heterocycles. The van der Waals surface area contributed by atoms with Crippen LogP contribution in [0.1, 0.15) is 57.4 Å². The standard InChI is InChI=1S/C20H29N3O2.ClH/c1-20(21)12-4-2-6-17(20)19(25)22-14-15-8-10-16(11-9-15)23-13-5-3-7-18(23)24;/h8-11,17H,2-7,12-14,21H2,1H3,(H,22,25);1H. The zero-order valence-corrected chi connectivity index (χ0v) is 16.3. The van der Waals surface area contributed by atoms with Gasteiger partial charge in [-0.15, -0.1) is 12.4 Å². The van der Waals surface area contributed by atoms with Crippen LogP contribution in [0.15, 0.2) is 24.3 Å². The van der Waals surface area contributed by atoms with Gasteiger partial charge in [-0.05, 0) is 50.3 Å². The summed E-state index contributed by atoms with van der Waals surface area (Å²) in [5, 5.41) is 3.03. The SMILES string of the molecule is CC1(N)CCCCC1C(=O)NCc1ccc(N2CCCCC2=O)cc1.Cl. The van der Waals surface area contributed by atoms with Crippen molar-refractivity contribution in [2.24, 2.45) is 11.7 Å². The molecule has 0 aromatic heterocycles. The van der Waals surface area contributed by atoms with Crippen molar-refractivity contribution in [3.8, 4) is 0 Å². The molecule has 1 saturated heterocycles. The predicted octanol–water partition coefficient (Wildman–Crippen LogP) is 3.15. The molecule has 0 bridgehead atoms. The first-order valence-corrected chi connectivity index (χ1v) is 9.43. The molecule has 3 rings (SSSR count). The van der Waals surface area contributed by atoms with Crippen molar-refractivity contribution in [2.45, 2.75) is 64.0 Å². The number of carbonyl (C=O) groups excluding carboxylic acids is 2. The summed E-state index contributed by atoms with van der Waals surface area (Å²) in [5.41, 5.74) is 7.89. The van der Waals surface area contributed by atoms with Crippen molar-refractivity contribution in [1.29, 1.82) is 0 Å². The second-order valence-corrected chi connectivity index (χ2v) is 7.69. The van der Waals surface area contributed by atoms with E-state index in [4.69, 9.17) is 5.73 Å². The van der Waals surface area contributed by atoms with E-state index in [0.717, 1.165) is 56.3 Å². The Hall–Kier alpha value is -1.59. The summed E-state index contributed by atoms with van der Waals surface area (Å²) >= 11 is 0. The Labute approximate surface area is 162 Å². The van der Waals surface area contributed by atoms with Crippen LogP contribution >= 0.6 is 12.4 Å². The van der Waals surface area contributed by atoms with Gasteiger partial charge in [-0.2, -0.15) is 0 Å². The van der Waals surface area contributed by atoms with Crippen LogP contribution in [0.3, 0.4) is 0 Å². The third-order valence-electron chi connectivity index (χ3n) is 5.61. The molecule has 26 heavy (non-hydrogen) atoms. The molecule has 0 spiro atoms. The van der Waals surface area contributed by atoms with E-state index in [9.17, 15) is 9.59 Å². The summed E-state index contributed by atoms with van der Waals surface area (Å²) in [6, 6.07) is 7.91. The minimum atomic E-state index is -0.402. The fourth-order valence-electron chi connectivity index (χ4n) is 3.97. The normalized spacial score (nSPS) is 26.2. The summed E-state index contributed by atoms with van der Waals surface area (Å²) in [6.45, 7) is 3.28. The van der Waals surface area contributed by atoms with Crippen molar-refractivity contribution < 1.29 is 9.59 Å². The highest BCUT2D eigenvalue weighted by molar-refractivity contribution is 5.94. The molecule has 1 aromatic rings. The molecule has 1 aromatic carbocycles. The van der Waals surface area contributed by atoms with Gasteiger partial charge in [-0.3, -0.25) is 9.59 Å². The highest BCUT2D eigenvalue weighted by Gasteiger charge is 2.37. The number of nitrogens with zero attached hydrogens (tertiary/aromatic N) is 1. The third kappa shape index (κ3) is 4.77. The second kappa shape index (κ2) is 8.87. The molecule has 2 fully saturated rings. The highest BCUT2D eigenvalue weighted by atomic mass is 35.5. The molecule has 3 N–H and O–H groups in total. The maximum absolute atomic E-state index is 12.5. The van der Waals surface area contributed by atoms with E-state index in [1.807, 2.05) is 36.1 Å². The molecule has 1 aliphatic heterocycles. The van der Waals surface area contributed by atoms with Gasteiger partial charge >= 0.3 is 0 Å². The first-order valence-electron chi connectivity index (χ1n) is 9.43. The molecule has 1 aliphatic carbocycles. The smallest absolute Gasteiger partial charge is 0.226 e. The number of nitrogens with two attached hydrogens (primary N) is 1. The van der Waals surface area contributed by atoms with Crippen LogP contribution in [0.4, 0.5) is 5.69 Å². The molecule has 0 radical (unpaired) electrons. The van der Waals surface area contributed by atoms with Crippen LogP contribution in [0.25, 0.3) is 0 Å². The number of halogens is 1. The molecule has 2 aliphatic rings. The van der Waals surface area contributed by atoms with Crippen LogP contribution in [0.5, 0.6) is 0 Å². The number of hydrogen-bond donors (Lipinski definition) is 2. The molecular formula is C20H30ClN3O2. The predicted molar refractivity (Wildman–Crippen MR) is 106 cm³/mol. The fraction of sp³-hybridized carbons (Fsp3) is 0.600. The Morgan fingerprint density at radius 2 is 1.96 bits per heavy atom. The van der Waals surface area contributed by atoms with Gasteiger partial charge in [-0.25, -0.2) is 0 Å². The van der Waals surface area contributed by atoms with E-state index in [-0.39, 0.29) is 30.1 Å². The minimum absolute atomic E-state index is 0. The van der Waals surface area contributed by atoms with Gasteiger partial charge in [0.05, 0.1) is 5.92 Å². The molecular weight excluding hydrogens is 350 g/mol. The van der Waals surface area contributed by atoms with E-state index in [1.165, 1.54) is 0 Å². The fourth-order valence-corrected chi connectivity index (χ4v) is 3.97. The lowest BCUT2D eigenvalue weighted by atomic mass is 9.74. The van der Waals surface area contributed by atoms with E-state index >= 15 is 0 Å². The van der Waals surface area contributed by atoms with E-state index in [1.54, 1.807) is 0 Å². The van der Waals surface area contributed by atoms with Crippen LogP contribution < -0.4 is 16.0 Å². The summed E-state index contributed by atoms with van der Waals surface area (Å²) in [6.07, 6.45) is 6.63. The van der Waals surface area contributed by atoms with Gasteiger partial charge in [-0.1, -0.05) is 25.0 Å². The molecule has 6 heteroatoms. The number of amides is 2. The van der Waals surface area contributed by atoms with Crippen molar-refractivity contribution >= 4 is 29.9 Å². The Bertz CT molecular complexity index is 630. The lowest BCUT2D eigenvalue weighted by molar-refractivity contribution is -0.128. The van der Waals surface area contributed by atoms with Crippen molar-refractivity contribution in [3.05, 3.63) is 29.8 Å². The summed E-state index contributed by atoms with van der Waals surface area (Å²) in [7, 11) is 0. The van der Waals surface area contributed by atoms with Gasteiger partial charge in [0.2, 0.25) is 11.8 Å². The van der Waals surface area contributed by atoms with Crippen molar-refractivity contribution in [2.75, 3.05) is 11.4 Å². The van der Waals surface area contributed by atoms with Gasteiger partial charge in [0.25, 0.3) is 0 Å². The third-order valence-corrected chi connectivity index (χ3v) is 5.61. The average molecular weight is 380 g/mol. The molecule has 2 atom stereocenters. The monoisotopic (exact) mass is 379 g/mol. The molecule has 144 valence electrons. The highest BCUT2D eigenvalue weighted by Crippen LogP contribution is 2.31. The van der Waals surface area contributed by atoms with Gasteiger partial charge in [0, 0.05) is 30.7 Å². The Morgan fingerprint density at radius 3 is 2.62 bits per heavy atom. The zero-order valence-electron chi connectivity index (χ0n) is 15.5. The first-order chi connectivity index (χ1) is 12.0. The summed E-state index contributed by atoms with van der Waals surface area (Å²) in [5.74, 6) is 0.151. The number of hydrogen-bond acceptors (Lipinski definition) is 3. The van der Waals surface area contributed by atoms with Crippen molar-refractivity contribution in [1.82, 2.24) is 5.32 Å². The maximum atomic E-state index is 12.5. The van der Waals surface area contributed by atoms with Crippen LogP contribution in [-0.2, 0) is 16.1 Å². The van der Waals surface area contributed by atoms with Crippen molar-refractivity contribution in [3.63, 3.8) is 0 Å². The van der Waals surface area contributed by atoms with Crippen LogP contribution in [0, 0.1) is 5.92 Å². The first kappa shape index (κ1) is 20.7. The molecule has 5 nitrogen and oxygen atoms in total. The van der Waals surface area contributed by atoms with Crippen LogP contribution in [-0.4, -0.2) is 23.9 Å². The number of nitrogens with one attached hydrogen (secondary N) is 1. The lowest BCUT2D eigenvalue weighted by Crippen LogP contribution is -2.52. The topological polar surface area (TPSA) is 75.4 Å². The number of benzene rings is 1. The maximum Gasteiger partial charge on any atom is 0.226 e. The molecule has 2 unspecified atom stereocenters. The average Bonchev–Trinajstić information content (AvgIpc) is 2.60. The number of carbonyl (C=O) groups is 2. The quantitative estimate of drug-likeness (QED) is 0.843. The Balaban J connectivity index is 0.00000243. The summed E-state index contributed by atoms with van der Waals surface area (Å²) < 4.78 is 0. The van der Waals surface area contributed by atoms with E-state index in [2.05, 4.69) is 5.32 Å². The summed E-state index contributed by atoms with van der Waals surface area (Å²) in [4.78, 5) is 26.3. The zero-order chi connectivity index (χ0) is 17.9. The Kier molecular flexibility index (Phi) is 7.07. The van der Waals surface area contributed by atoms with Gasteiger partial charge < -0.3 is 16.0 Å². The number of anilines is 1. The lowest BCUT2D eigenvalue weighted by Gasteiger charge is -2.37. The number of rotatable bonds is 4. The van der Waals surface area contributed by atoms with Gasteiger partial charge in [0.1, 0.15) is 0 Å². The van der Waals surface area contributed by atoms with Crippen LogP contribution in [0.2, 0.25) is 0 Å². The largest absolute Gasteiger partial charge is 0.352 e. The van der Waals surface area contributed by atoms with E-state index < -0.39 is 5.54 Å². The molecule has 1 saturated carbocycles. The van der Waals surface area contributed by atoms with E-state index in [0.29, 0.717) is 13.0 Å². The molecule has 2 amide bonds. The number of piperidine rings is 1.